The van der Waals surface area contributed by atoms with Gasteiger partial charge in [-0.05, 0) is 31.0 Å². The second-order valence-corrected chi connectivity index (χ2v) is 5.74. The minimum atomic E-state index is -1.06. The van der Waals surface area contributed by atoms with Gasteiger partial charge >= 0.3 is 12.0 Å². The van der Waals surface area contributed by atoms with Crippen LogP contribution < -0.4 is 5.32 Å². The zero-order chi connectivity index (χ0) is 14.5. The number of aromatic carboxylic acids is 1. The zero-order valence-electron chi connectivity index (χ0n) is 11.1. The summed E-state index contributed by atoms with van der Waals surface area (Å²) < 4.78 is 0.669. The number of likely N-dealkylation sites (tertiary alicyclic amines) is 1. The standard InChI is InChI=1S/C14H17BrN2O3/c15-10-5-6-12(11(9-10)13(18)19)16-14(20)17-7-3-1-2-4-8-17/h5-6,9H,1-4,7-8H2,(H,16,20)(H,18,19). The third-order valence-electron chi connectivity index (χ3n) is 3.35. The lowest BCUT2D eigenvalue weighted by molar-refractivity contribution is 0.0698. The summed E-state index contributed by atoms with van der Waals surface area (Å²) in [6, 6.07) is 4.57. The van der Waals surface area contributed by atoms with Crippen LogP contribution in [0.15, 0.2) is 22.7 Å². The molecule has 2 rings (SSSR count). The number of amides is 2. The van der Waals surface area contributed by atoms with E-state index >= 15 is 0 Å². The maximum absolute atomic E-state index is 12.2. The molecule has 0 aromatic heterocycles. The second-order valence-electron chi connectivity index (χ2n) is 4.83. The molecule has 0 atom stereocenters. The van der Waals surface area contributed by atoms with Crippen LogP contribution in [0.5, 0.6) is 0 Å². The van der Waals surface area contributed by atoms with Gasteiger partial charge in [0.05, 0.1) is 11.3 Å². The van der Waals surface area contributed by atoms with Crippen molar-refractivity contribution in [3.05, 3.63) is 28.2 Å². The van der Waals surface area contributed by atoms with Crippen LogP contribution >= 0.6 is 15.9 Å². The molecule has 2 N–H and O–H groups in total. The highest BCUT2D eigenvalue weighted by Crippen LogP contribution is 2.22. The molecule has 1 fully saturated rings. The van der Waals surface area contributed by atoms with Crippen LogP contribution in [0.3, 0.4) is 0 Å². The van der Waals surface area contributed by atoms with Crippen molar-refractivity contribution < 1.29 is 14.7 Å². The number of carboxylic acids is 1. The largest absolute Gasteiger partial charge is 0.478 e. The van der Waals surface area contributed by atoms with Gasteiger partial charge in [-0.3, -0.25) is 0 Å². The monoisotopic (exact) mass is 340 g/mol. The summed E-state index contributed by atoms with van der Waals surface area (Å²) in [6.45, 7) is 1.45. The molecule has 0 aliphatic carbocycles. The average Bonchev–Trinajstić information content (AvgIpc) is 2.69. The van der Waals surface area contributed by atoms with Crippen LogP contribution in [-0.2, 0) is 0 Å². The number of carboxylic acid groups (broad SMARTS) is 1. The Labute approximate surface area is 126 Å². The molecule has 1 aromatic carbocycles. The molecule has 1 saturated heterocycles. The van der Waals surface area contributed by atoms with E-state index in [2.05, 4.69) is 21.2 Å². The molecule has 0 bridgehead atoms. The first-order chi connectivity index (χ1) is 9.58. The van der Waals surface area contributed by atoms with Crippen molar-refractivity contribution in [3.8, 4) is 0 Å². The van der Waals surface area contributed by atoms with Gasteiger partial charge in [-0.2, -0.15) is 0 Å². The molecule has 1 aliphatic rings. The number of carbonyl (C=O) groups is 2. The molecular weight excluding hydrogens is 324 g/mol. The van der Waals surface area contributed by atoms with Gasteiger partial charge in [0.2, 0.25) is 0 Å². The fourth-order valence-corrected chi connectivity index (χ4v) is 2.63. The summed E-state index contributed by atoms with van der Waals surface area (Å²) in [6.07, 6.45) is 4.28. The lowest BCUT2D eigenvalue weighted by Gasteiger charge is -2.21. The maximum atomic E-state index is 12.2. The second kappa shape index (κ2) is 6.74. The first-order valence-electron chi connectivity index (χ1n) is 6.66. The Morgan fingerprint density at radius 3 is 2.40 bits per heavy atom. The smallest absolute Gasteiger partial charge is 0.337 e. The van der Waals surface area contributed by atoms with Crippen LogP contribution in [0.4, 0.5) is 10.5 Å². The van der Waals surface area contributed by atoms with Gasteiger partial charge in [-0.1, -0.05) is 28.8 Å². The van der Waals surface area contributed by atoms with Gasteiger partial charge in [0.15, 0.2) is 0 Å². The first-order valence-corrected chi connectivity index (χ1v) is 7.46. The molecule has 0 radical (unpaired) electrons. The van der Waals surface area contributed by atoms with Gasteiger partial charge in [-0.25, -0.2) is 9.59 Å². The number of benzene rings is 1. The molecule has 1 aromatic rings. The molecule has 6 heteroatoms. The van der Waals surface area contributed by atoms with E-state index in [0.717, 1.165) is 38.8 Å². The van der Waals surface area contributed by atoms with E-state index in [1.165, 1.54) is 6.07 Å². The third-order valence-corrected chi connectivity index (χ3v) is 3.84. The van der Waals surface area contributed by atoms with E-state index in [0.29, 0.717) is 10.2 Å². The number of nitrogens with zero attached hydrogens (tertiary/aromatic N) is 1. The van der Waals surface area contributed by atoms with Gasteiger partial charge in [-0.15, -0.1) is 0 Å². The van der Waals surface area contributed by atoms with Crippen LogP contribution in [0.2, 0.25) is 0 Å². The van der Waals surface area contributed by atoms with Gasteiger partial charge < -0.3 is 15.3 Å². The molecule has 5 nitrogen and oxygen atoms in total. The molecule has 2 amide bonds. The molecular formula is C14H17BrN2O3. The average molecular weight is 341 g/mol. The maximum Gasteiger partial charge on any atom is 0.337 e. The lowest BCUT2D eigenvalue weighted by atomic mass is 10.2. The van der Waals surface area contributed by atoms with E-state index < -0.39 is 5.97 Å². The normalized spacial score (nSPS) is 15.6. The predicted molar refractivity (Wildman–Crippen MR) is 80.2 cm³/mol. The number of urea groups is 1. The van der Waals surface area contributed by atoms with Crippen molar-refractivity contribution >= 4 is 33.6 Å². The fourth-order valence-electron chi connectivity index (χ4n) is 2.27. The van der Waals surface area contributed by atoms with Crippen molar-refractivity contribution in [2.24, 2.45) is 0 Å². The van der Waals surface area contributed by atoms with E-state index in [-0.39, 0.29) is 11.6 Å². The number of carbonyl (C=O) groups excluding carboxylic acids is 1. The summed E-state index contributed by atoms with van der Waals surface area (Å²) in [5.74, 6) is -1.06. The minimum Gasteiger partial charge on any atom is -0.478 e. The number of anilines is 1. The van der Waals surface area contributed by atoms with E-state index in [9.17, 15) is 14.7 Å². The van der Waals surface area contributed by atoms with Crippen molar-refractivity contribution in [2.75, 3.05) is 18.4 Å². The number of hydrogen-bond donors (Lipinski definition) is 2. The summed E-state index contributed by atoms with van der Waals surface area (Å²) in [7, 11) is 0. The highest BCUT2D eigenvalue weighted by atomic mass is 79.9. The van der Waals surface area contributed by atoms with E-state index in [1.807, 2.05) is 0 Å². The van der Waals surface area contributed by atoms with Crippen molar-refractivity contribution in [1.29, 1.82) is 0 Å². The molecule has 0 unspecified atom stereocenters. The van der Waals surface area contributed by atoms with Crippen LogP contribution in [0, 0.1) is 0 Å². The lowest BCUT2D eigenvalue weighted by Crippen LogP contribution is -2.36. The van der Waals surface area contributed by atoms with Crippen molar-refractivity contribution in [1.82, 2.24) is 4.90 Å². The molecule has 20 heavy (non-hydrogen) atoms. The Bertz CT molecular complexity index is 511. The molecule has 0 spiro atoms. The summed E-state index contributed by atoms with van der Waals surface area (Å²) in [4.78, 5) is 25.1. The number of nitrogens with one attached hydrogen (secondary N) is 1. The minimum absolute atomic E-state index is 0.0857. The first kappa shape index (κ1) is 14.8. The Balaban J connectivity index is 2.12. The van der Waals surface area contributed by atoms with Crippen molar-refractivity contribution in [3.63, 3.8) is 0 Å². The Morgan fingerprint density at radius 1 is 1.15 bits per heavy atom. The molecule has 1 aliphatic heterocycles. The highest BCUT2D eigenvalue weighted by molar-refractivity contribution is 9.10. The topological polar surface area (TPSA) is 69.6 Å². The molecule has 0 saturated carbocycles. The molecule has 1 heterocycles. The Kier molecular flexibility index (Phi) is 5.00. The highest BCUT2D eigenvalue weighted by Gasteiger charge is 2.18. The van der Waals surface area contributed by atoms with E-state index in [4.69, 9.17) is 0 Å². The zero-order valence-corrected chi connectivity index (χ0v) is 12.6. The quantitative estimate of drug-likeness (QED) is 0.864. The Morgan fingerprint density at radius 2 is 1.80 bits per heavy atom. The van der Waals surface area contributed by atoms with Crippen molar-refractivity contribution in [2.45, 2.75) is 25.7 Å². The van der Waals surface area contributed by atoms with E-state index in [1.54, 1.807) is 17.0 Å². The summed E-state index contributed by atoms with van der Waals surface area (Å²) in [5, 5.41) is 11.9. The summed E-state index contributed by atoms with van der Waals surface area (Å²) >= 11 is 3.23. The predicted octanol–water partition coefficient (Wildman–Crippen LogP) is 3.56. The Hall–Kier alpha value is -1.56. The third kappa shape index (κ3) is 3.72. The number of halogens is 1. The van der Waals surface area contributed by atoms with Gasteiger partial charge in [0.1, 0.15) is 0 Å². The SMILES string of the molecule is O=C(O)c1cc(Br)ccc1NC(=O)N1CCCCCC1. The van der Waals surface area contributed by atoms with Crippen LogP contribution in [0.25, 0.3) is 0 Å². The van der Waals surface area contributed by atoms with Crippen LogP contribution in [-0.4, -0.2) is 35.1 Å². The fraction of sp³-hybridized carbons (Fsp3) is 0.429. The van der Waals surface area contributed by atoms with Crippen LogP contribution in [0.1, 0.15) is 36.0 Å². The summed E-state index contributed by atoms with van der Waals surface area (Å²) in [5.41, 5.74) is 0.414. The molecule has 108 valence electrons. The number of hydrogen-bond acceptors (Lipinski definition) is 2. The number of rotatable bonds is 2. The van der Waals surface area contributed by atoms with Gasteiger partial charge in [0.25, 0.3) is 0 Å². The van der Waals surface area contributed by atoms with Gasteiger partial charge in [0, 0.05) is 17.6 Å².